The van der Waals surface area contributed by atoms with Crippen molar-refractivity contribution in [2.24, 2.45) is 5.41 Å². The largest absolute Gasteiger partial charge is 0.491 e. The second kappa shape index (κ2) is 5.81. The fraction of sp³-hybridized carbons (Fsp3) is 0.533. The van der Waals surface area contributed by atoms with E-state index < -0.39 is 0 Å². The first-order chi connectivity index (χ1) is 9.10. The molecule has 2 rings (SSSR count). The summed E-state index contributed by atoms with van der Waals surface area (Å²) in [7, 11) is 1.92. The highest BCUT2D eigenvalue weighted by Gasteiger charge is 2.43. The number of hydrogen-bond donors (Lipinski definition) is 1. The quantitative estimate of drug-likeness (QED) is 0.863. The van der Waals surface area contributed by atoms with Gasteiger partial charge in [0.05, 0.1) is 17.7 Å². The summed E-state index contributed by atoms with van der Waals surface area (Å²) in [5, 5.41) is 12.6. The maximum absolute atomic E-state index is 8.78. The van der Waals surface area contributed by atoms with Crippen molar-refractivity contribution in [1.82, 2.24) is 5.32 Å². The number of hydrogen-bond acceptors (Lipinski definition) is 3. The lowest BCUT2D eigenvalue weighted by atomic mass is 10.1. The predicted molar refractivity (Wildman–Crippen MR) is 76.3 cm³/mol. The van der Waals surface area contributed by atoms with Crippen molar-refractivity contribution in [3.63, 3.8) is 0 Å². The summed E-state index contributed by atoms with van der Waals surface area (Å²) >= 11 is 6.24. The van der Waals surface area contributed by atoms with Crippen LogP contribution in [-0.4, -0.2) is 13.7 Å². The molecule has 1 aromatic rings. The van der Waals surface area contributed by atoms with Gasteiger partial charge in [-0.1, -0.05) is 17.7 Å². The number of halogens is 1. The lowest BCUT2D eigenvalue weighted by Gasteiger charge is -2.16. The molecule has 1 fully saturated rings. The lowest BCUT2D eigenvalue weighted by molar-refractivity contribution is 0.237. The Balaban J connectivity index is 2.00. The smallest absolute Gasteiger partial charge is 0.137 e. The van der Waals surface area contributed by atoms with Gasteiger partial charge in [0.15, 0.2) is 0 Å². The van der Waals surface area contributed by atoms with Crippen LogP contribution >= 0.6 is 11.6 Å². The number of benzene rings is 1. The Bertz CT molecular complexity index is 491. The minimum atomic E-state index is 0.0784. The van der Waals surface area contributed by atoms with Gasteiger partial charge in [-0.25, -0.2) is 0 Å². The summed E-state index contributed by atoms with van der Waals surface area (Å²) < 4.78 is 5.78. The summed E-state index contributed by atoms with van der Waals surface area (Å²) in [6.45, 7) is 2.67. The van der Waals surface area contributed by atoms with Crippen LogP contribution < -0.4 is 10.1 Å². The molecule has 0 bridgehead atoms. The number of nitriles is 1. The molecule has 3 nitrogen and oxygen atoms in total. The lowest BCUT2D eigenvalue weighted by Crippen LogP contribution is -2.14. The van der Waals surface area contributed by atoms with Gasteiger partial charge in [-0.3, -0.25) is 0 Å². The standard InChI is InChI=1S/C15H19ClN2O/c1-11(18-2)12-3-4-14(13(16)9-12)19-10-15(5-6-15)7-8-17/h3-4,9,11,18H,5-7,10H2,1-2H3. The van der Waals surface area contributed by atoms with Gasteiger partial charge in [0.2, 0.25) is 0 Å². The van der Waals surface area contributed by atoms with Crippen LogP contribution in [0.25, 0.3) is 0 Å². The molecule has 1 aliphatic carbocycles. The first-order valence-electron chi connectivity index (χ1n) is 6.57. The summed E-state index contributed by atoms with van der Waals surface area (Å²) in [6.07, 6.45) is 2.72. The number of ether oxygens (including phenoxy) is 1. The molecule has 1 unspecified atom stereocenters. The van der Waals surface area contributed by atoms with E-state index in [9.17, 15) is 0 Å². The van der Waals surface area contributed by atoms with Gasteiger partial charge >= 0.3 is 0 Å². The Morgan fingerprint density at radius 1 is 1.53 bits per heavy atom. The topological polar surface area (TPSA) is 45.0 Å². The second-order valence-electron chi connectivity index (χ2n) is 5.32. The Morgan fingerprint density at radius 2 is 2.26 bits per heavy atom. The van der Waals surface area contributed by atoms with Gasteiger partial charge in [-0.2, -0.15) is 5.26 Å². The second-order valence-corrected chi connectivity index (χ2v) is 5.73. The van der Waals surface area contributed by atoms with Crippen molar-refractivity contribution < 1.29 is 4.74 Å². The molecule has 0 radical (unpaired) electrons. The molecule has 1 N–H and O–H groups in total. The Labute approximate surface area is 119 Å². The van der Waals surface area contributed by atoms with Crippen molar-refractivity contribution >= 4 is 11.6 Å². The molecule has 4 heteroatoms. The highest BCUT2D eigenvalue weighted by atomic mass is 35.5. The third kappa shape index (κ3) is 3.40. The Morgan fingerprint density at radius 3 is 2.79 bits per heavy atom. The van der Waals surface area contributed by atoms with E-state index in [1.807, 2.05) is 25.2 Å². The zero-order valence-electron chi connectivity index (χ0n) is 11.4. The fourth-order valence-corrected chi connectivity index (χ4v) is 2.26. The molecule has 102 valence electrons. The summed E-state index contributed by atoms with van der Waals surface area (Å²) in [4.78, 5) is 0. The van der Waals surface area contributed by atoms with E-state index in [2.05, 4.69) is 18.3 Å². The van der Waals surface area contributed by atoms with Crippen LogP contribution in [0.15, 0.2) is 18.2 Å². The van der Waals surface area contributed by atoms with E-state index >= 15 is 0 Å². The van der Waals surface area contributed by atoms with Gasteiger partial charge in [-0.05, 0) is 44.5 Å². The van der Waals surface area contributed by atoms with Crippen molar-refractivity contribution in [3.8, 4) is 11.8 Å². The first kappa shape index (κ1) is 14.2. The van der Waals surface area contributed by atoms with Crippen LogP contribution in [0, 0.1) is 16.7 Å². The minimum Gasteiger partial charge on any atom is -0.491 e. The molecular formula is C15H19ClN2O. The number of nitrogens with one attached hydrogen (secondary N) is 1. The third-order valence-electron chi connectivity index (χ3n) is 3.83. The molecule has 1 saturated carbocycles. The van der Waals surface area contributed by atoms with Crippen LogP contribution in [-0.2, 0) is 0 Å². The van der Waals surface area contributed by atoms with Gasteiger partial charge in [0.25, 0.3) is 0 Å². The monoisotopic (exact) mass is 278 g/mol. The zero-order chi connectivity index (χ0) is 13.9. The third-order valence-corrected chi connectivity index (χ3v) is 4.13. The highest BCUT2D eigenvalue weighted by Crippen LogP contribution is 2.49. The molecule has 1 aromatic carbocycles. The zero-order valence-corrected chi connectivity index (χ0v) is 12.1. The summed E-state index contributed by atoms with van der Waals surface area (Å²) in [5.41, 5.74) is 1.22. The van der Waals surface area contributed by atoms with Crippen molar-refractivity contribution in [1.29, 1.82) is 5.26 Å². The van der Waals surface area contributed by atoms with Crippen molar-refractivity contribution in [2.75, 3.05) is 13.7 Å². The molecule has 0 heterocycles. The van der Waals surface area contributed by atoms with Crippen LogP contribution in [0.1, 0.15) is 37.8 Å². The average Bonchev–Trinajstić information content (AvgIpc) is 3.17. The predicted octanol–water partition coefficient (Wildman–Crippen LogP) is 3.69. The van der Waals surface area contributed by atoms with E-state index in [0.29, 0.717) is 23.8 Å². The van der Waals surface area contributed by atoms with E-state index in [1.165, 1.54) is 0 Å². The average molecular weight is 279 g/mol. The molecule has 0 spiro atoms. The molecule has 0 saturated heterocycles. The van der Waals surface area contributed by atoms with Gasteiger partial charge in [0, 0.05) is 17.9 Å². The first-order valence-corrected chi connectivity index (χ1v) is 6.94. The summed E-state index contributed by atoms with van der Waals surface area (Å²) in [6, 6.07) is 8.36. The van der Waals surface area contributed by atoms with Crippen LogP contribution in [0.4, 0.5) is 0 Å². The maximum atomic E-state index is 8.78. The molecule has 19 heavy (non-hydrogen) atoms. The van der Waals surface area contributed by atoms with Gasteiger partial charge < -0.3 is 10.1 Å². The molecule has 0 amide bonds. The van der Waals surface area contributed by atoms with Crippen LogP contribution in [0.5, 0.6) is 5.75 Å². The van der Waals surface area contributed by atoms with Crippen molar-refractivity contribution in [2.45, 2.75) is 32.2 Å². The fourth-order valence-electron chi connectivity index (χ4n) is 2.02. The van der Waals surface area contributed by atoms with Gasteiger partial charge in [-0.15, -0.1) is 0 Å². The normalized spacial score (nSPS) is 17.6. The Hall–Kier alpha value is -1.24. The molecule has 0 aromatic heterocycles. The van der Waals surface area contributed by atoms with E-state index in [4.69, 9.17) is 21.6 Å². The van der Waals surface area contributed by atoms with E-state index in [0.717, 1.165) is 18.4 Å². The van der Waals surface area contributed by atoms with Crippen molar-refractivity contribution in [3.05, 3.63) is 28.8 Å². The highest BCUT2D eigenvalue weighted by molar-refractivity contribution is 6.32. The SMILES string of the molecule is CNC(C)c1ccc(OCC2(CC#N)CC2)c(Cl)c1. The molecule has 1 aliphatic rings. The Kier molecular flexibility index (Phi) is 4.34. The maximum Gasteiger partial charge on any atom is 0.137 e. The van der Waals surface area contributed by atoms with E-state index in [-0.39, 0.29) is 11.5 Å². The van der Waals surface area contributed by atoms with E-state index in [1.54, 1.807) is 0 Å². The minimum absolute atomic E-state index is 0.0784. The van der Waals surface area contributed by atoms with Gasteiger partial charge in [0.1, 0.15) is 5.75 Å². The molecule has 0 aliphatic heterocycles. The number of rotatable bonds is 6. The number of nitrogens with zero attached hydrogens (tertiary/aromatic N) is 1. The van der Waals surface area contributed by atoms with Crippen LogP contribution in [0.2, 0.25) is 5.02 Å². The molecular weight excluding hydrogens is 260 g/mol. The summed E-state index contributed by atoms with van der Waals surface area (Å²) in [5.74, 6) is 0.706. The van der Waals surface area contributed by atoms with Crippen LogP contribution in [0.3, 0.4) is 0 Å². The molecule has 1 atom stereocenters.